The number of para-hydroxylation sites is 1. The number of rotatable bonds is 6. The Hall–Kier alpha value is -3.60. The van der Waals surface area contributed by atoms with Crippen molar-refractivity contribution in [1.82, 2.24) is 0 Å². The summed E-state index contributed by atoms with van der Waals surface area (Å²) in [5.41, 5.74) is 1.74. The average molecular weight is 360 g/mol. The van der Waals surface area contributed by atoms with Gasteiger partial charge in [-0.3, -0.25) is 9.59 Å². The predicted octanol–water partition coefficient (Wildman–Crippen LogP) is 4.34. The van der Waals surface area contributed by atoms with Crippen LogP contribution in [0, 0.1) is 0 Å². The summed E-state index contributed by atoms with van der Waals surface area (Å²) in [6.07, 6.45) is -0.657. The highest BCUT2D eigenvalue weighted by Crippen LogP contribution is 2.17. The van der Waals surface area contributed by atoms with Crippen LogP contribution in [0.25, 0.3) is 0 Å². The highest BCUT2D eigenvalue weighted by Gasteiger charge is 2.15. The van der Waals surface area contributed by atoms with Gasteiger partial charge in [0.05, 0.1) is 0 Å². The van der Waals surface area contributed by atoms with E-state index >= 15 is 0 Å². The molecule has 0 aliphatic rings. The Labute approximate surface area is 158 Å². The molecule has 5 nitrogen and oxygen atoms in total. The van der Waals surface area contributed by atoms with Gasteiger partial charge in [-0.1, -0.05) is 42.5 Å². The van der Waals surface area contributed by atoms with Crippen molar-refractivity contribution >= 4 is 23.2 Å². The Balaban J connectivity index is 1.61. The first-order valence-corrected chi connectivity index (χ1v) is 8.61. The van der Waals surface area contributed by atoms with E-state index in [0.29, 0.717) is 22.7 Å². The first kappa shape index (κ1) is 18.2. The van der Waals surface area contributed by atoms with Gasteiger partial charge in [-0.2, -0.15) is 0 Å². The molecule has 2 N–H and O–H groups in total. The lowest BCUT2D eigenvalue weighted by atomic mass is 10.2. The summed E-state index contributed by atoms with van der Waals surface area (Å²) < 4.78 is 5.62. The molecule has 0 aliphatic carbocycles. The lowest BCUT2D eigenvalue weighted by molar-refractivity contribution is -0.122. The minimum Gasteiger partial charge on any atom is -0.481 e. The lowest BCUT2D eigenvalue weighted by Crippen LogP contribution is -2.30. The summed E-state index contributed by atoms with van der Waals surface area (Å²) >= 11 is 0. The van der Waals surface area contributed by atoms with Gasteiger partial charge in [0.2, 0.25) is 0 Å². The molecule has 0 spiro atoms. The van der Waals surface area contributed by atoms with E-state index in [1.54, 1.807) is 67.6 Å². The van der Waals surface area contributed by atoms with E-state index in [1.807, 2.05) is 24.3 Å². The monoisotopic (exact) mass is 360 g/mol. The van der Waals surface area contributed by atoms with Crippen LogP contribution in [0.15, 0.2) is 84.9 Å². The highest BCUT2D eigenvalue weighted by atomic mass is 16.5. The zero-order chi connectivity index (χ0) is 19.1. The van der Waals surface area contributed by atoms with Crippen LogP contribution in [-0.4, -0.2) is 17.9 Å². The van der Waals surface area contributed by atoms with Gasteiger partial charge in [-0.25, -0.2) is 0 Å². The van der Waals surface area contributed by atoms with Crippen molar-refractivity contribution in [2.24, 2.45) is 0 Å². The normalized spacial score (nSPS) is 11.3. The van der Waals surface area contributed by atoms with Crippen LogP contribution in [0.3, 0.4) is 0 Å². The number of amides is 2. The molecule has 1 unspecified atom stereocenters. The van der Waals surface area contributed by atoms with Crippen LogP contribution in [-0.2, 0) is 4.79 Å². The number of hydrogen-bond acceptors (Lipinski definition) is 3. The molecule has 1 atom stereocenters. The van der Waals surface area contributed by atoms with Crippen molar-refractivity contribution in [2.75, 3.05) is 10.6 Å². The largest absolute Gasteiger partial charge is 0.481 e. The van der Waals surface area contributed by atoms with Gasteiger partial charge in [-0.05, 0) is 49.4 Å². The smallest absolute Gasteiger partial charge is 0.265 e. The lowest BCUT2D eigenvalue weighted by Gasteiger charge is -2.15. The third-order valence-corrected chi connectivity index (χ3v) is 3.85. The number of hydrogen-bond donors (Lipinski definition) is 2. The zero-order valence-corrected chi connectivity index (χ0v) is 14.9. The van der Waals surface area contributed by atoms with E-state index in [2.05, 4.69) is 10.6 Å². The minimum absolute atomic E-state index is 0.208. The Kier molecular flexibility index (Phi) is 5.84. The van der Waals surface area contributed by atoms with Gasteiger partial charge in [0, 0.05) is 16.9 Å². The second-order valence-electron chi connectivity index (χ2n) is 5.96. The fraction of sp³-hybridized carbons (Fsp3) is 0.0909. The van der Waals surface area contributed by atoms with Crippen molar-refractivity contribution in [3.63, 3.8) is 0 Å². The summed E-state index contributed by atoms with van der Waals surface area (Å²) in [6.45, 7) is 1.68. The highest BCUT2D eigenvalue weighted by molar-refractivity contribution is 6.04. The van der Waals surface area contributed by atoms with Crippen LogP contribution in [0.2, 0.25) is 0 Å². The molecule has 27 heavy (non-hydrogen) atoms. The standard InChI is InChI=1S/C22H20N2O3/c1-16(27-20-13-6-3-7-14-20)21(25)23-18-11-8-12-19(15-18)24-22(26)17-9-4-2-5-10-17/h2-16H,1H3,(H,23,25)(H,24,26). The maximum Gasteiger partial charge on any atom is 0.265 e. The molecule has 0 radical (unpaired) electrons. The molecule has 136 valence electrons. The summed E-state index contributed by atoms with van der Waals surface area (Å²) in [4.78, 5) is 24.6. The van der Waals surface area contributed by atoms with Crippen molar-refractivity contribution < 1.29 is 14.3 Å². The van der Waals surface area contributed by atoms with Gasteiger partial charge in [0.15, 0.2) is 6.10 Å². The van der Waals surface area contributed by atoms with Gasteiger partial charge in [0.25, 0.3) is 11.8 Å². The molecule has 0 saturated heterocycles. The van der Waals surface area contributed by atoms with E-state index in [-0.39, 0.29) is 11.8 Å². The fourth-order valence-corrected chi connectivity index (χ4v) is 2.47. The maximum absolute atomic E-state index is 12.3. The zero-order valence-electron chi connectivity index (χ0n) is 14.9. The molecule has 0 aliphatic heterocycles. The topological polar surface area (TPSA) is 67.4 Å². The third-order valence-electron chi connectivity index (χ3n) is 3.85. The van der Waals surface area contributed by atoms with Crippen LogP contribution in [0.1, 0.15) is 17.3 Å². The predicted molar refractivity (Wildman–Crippen MR) is 106 cm³/mol. The summed E-state index contributed by atoms with van der Waals surface area (Å²) in [6, 6.07) is 25.1. The first-order chi connectivity index (χ1) is 13.1. The molecule has 3 aromatic rings. The summed E-state index contributed by atoms with van der Waals surface area (Å²) in [7, 11) is 0. The fourth-order valence-electron chi connectivity index (χ4n) is 2.47. The molecule has 0 fully saturated rings. The molecule has 0 bridgehead atoms. The molecule has 3 aromatic carbocycles. The summed E-state index contributed by atoms with van der Waals surface area (Å²) in [5, 5.41) is 5.62. The Morgan fingerprint density at radius 2 is 1.37 bits per heavy atom. The van der Waals surface area contributed by atoms with E-state index in [1.165, 1.54) is 0 Å². The van der Waals surface area contributed by atoms with E-state index in [4.69, 9.17) is 4.74 Å². The molecule has 5 heteroatoms. The van der Waals surface area contributed by atoms with E-state index in [0.717, 1.165) is 0 Å². The molecular weight excluding hydrogens is 340 g/mol. The Morgan fingerprint density at radius 3 is 2.04 bits per heavy atom. The Morgan fingerprint density at radius 1 is 0.778 bits per heavy atom. The molecule has 3 rings (SSSR count). The maximum atomic E-state index is 12.3. The SMILES string of the molecule is CC(Oc1ccccc1)C(=O)Nc1cccc(NC(=O)c2ccccc2)c1. The number of anilines is 2. The second-order valence-corrected chi connectivity index (χ2v) is 5.96. The number of ether oxygens (including phenoxy) is 1. The van der Waals surface area contributed by atoms with E-state index < -0.39 is 6.10 Å². The van der Waals surface area contributed by atoms with Crippen LogP contribution in [0.4, 0.5) is 11.4 Å². The van der Waals surface area contributed by atoms with Gasteiger partial charge >= 0.3 is 0 Å². The van der Waals surface area contributed by atoms with Crippen molar-refractivity contribution in [2.45, 2.75) is 13.0 Å². The van der Waals surface area contributed by atoms with Gasteiger partial charge in [0.1, 0.15) is 5.75 Å². The molecule has 0 aromatic heterocycles. The Bertz CT molecular complexity index is 911. The quantitative estimate of drug-likeness (QED) is 0.687. The van der Waals surface area contributed by atoms with Gasteiger partial charge in [-0.15, -0.1) is 0 Å². The molecule has 0 saturated carbocycles. The summed E-state index contributed by atoms with van der Waals surface area (Å²) in [5.74, 6) is 0.147. The van der Waals surface area contributed by atoms with Gasteiger partial charge < -0.3 is 15.4 Å². The number of nitrogens with one attached hydrogen (secondary N) is 2. The molecule has 0 heterocycles. The van der Waals surface area contributed by atoms with Crippen molar-refractivity contribution in [1.29, 1.82) is 0 Å². The van der Waals surface area contributed by atoms with Crippen LogP contribution in [0.5, 0.6) is 5.75 Å². The van der Waals surface area contributed by atoms with Crippen LogP contribution >= 0.6 is 0 Å². The third kappa shape index (κ3) is 5.19. The van der Waals surface area contributed by atoms with Crippen molar-refractivity contribution in [3.05, 3.63) is 90.5 Å². The van der Waals surface area contributed by atoms with E-state index in [9.17, 15) is 9.59 Å². The first-order valence-electron chi connectivity index (χ1n) is 8.61. The second kappa shape index (κ2) is 8.67. The average Bonchev–Trinajstić information content (AvgIpc) is 2.69. The number of carbonyl (C=O) groups is 2. The molecule has 2 amide bonds. The number of benzene rings is 3. The van der Waals surface area contributed by atoms with Crippen LogP contribution < -0.4 is 15.4 Å². The molecular formula is C22H20N2O3. The minimum atomic E-state index is -0.657. The van der Waals surface area contributed by atoms with Crippen molar-refractivity contribution in [3.8, 4) is 5.75 Å². The number of carbonyl (C=O) groups excluding carboxylic acids is 2.